The molecule has 0 aromatic carbocycles. The zero-order chi connectivity index (χ0) is 12.7. The number of aliphatic hydroxyl groups excluding tert-OH is 1. The summed E-state index contributed by atoms with van der Waals surface area (Å²) in [7, 11) is 2.14. The molecule has 4 atom stereocenters. The standard InChI is InChI=1S/C14H22N2OS/c1-9(17)13-7-15-14(18-13)16(2)8-12-6-10-3-4-11(12)5-10/h7,9-12,17H,3-6,8H2,1-2H3. The van der Waals surface area contributed by atoms with Crippen LogP contribution < -0.4 is 4.90 Å². The van der Waals surface area contributed by atoms with Crippen LogP contribution in [0.25, 0.3) is 0 Å². The molecule has 0 saturated heterocycles. The summed E-state index contributed by atoms with van der Waals surface area (Å²) in [5, 5.41) is 10.6. The molecule has 4 unspecified atom stereocenters. The number of aromatic nitrogens is 1. The normalized spacial score (nSPS) is 31.8. The fourth-order valence-electron chi connectivity index (χ4n) is 3.68. The van der Waals surface area contributed by atoms with Crippen molar-refractivity contribution in [2.75, 3.05) is 18.5 Å². The fourth-order valence-corrected chi connectivity index (χ4v) is 4.50. The minimum atomic E-state index is -0.396. The molecular formula is C14H22N2OS. The molecule has 0 aliphatic heterocycles. The van der Waals surface area contributed by atoms with E-state index < -0.39 is 6.10 Å². The van der Waals surface area contributed by atoms with Crippen molar-refractivity contribution in [3.63, 3.8) is 0 Å². The van der Waals surface area contributed by atoms with Crippen molar-refractivity contribution in [3.05, 3.63) is 11.1 Å². The molecule has 2 aliphatic rings. The van der Waals surface area contributed by atoms with Gasteiger partial charge < -0.3 is 10.0 Å². The zero-order valence-electron chi connectivity index (χ0n) is 11.2. The lowest BCUT2D eigenvalue weighted by atomic mass is 9.88. The first kappa shape index (κ1) is 12.4. The fraction of sp³-hybridized carbons (Fsp3) is 0.786. The third-order valence-electron chi connectivity index (χ3n) is 4.64. The largest absolute Gasteiger partial charge is 0.388 e. The van der Waals surface area contributed by atoms with Gasteiger partial charge in [0.2, 0.25) is 0 Å². The van der Waals surface area contributed by atoms with E-state index in [0.717, 1.165) is 34.3 Å². The molecule has 0 radical (unpaired) electrons. The first-order chi connectivity index (χ1) is 8.63. The van der Waals surface area contributed by atoms with Gasteiger partial charge in [-0.1, -0.05) is 17.8 Å². The number of thiazole rings is 1. The highest BCUT2D eigenvalue weighted by Crippen LogP contribution is 2.48. The van der Waals surface area contributed by atoms with Crippen molar-refractivity contribution in [1.29, 1.82) is 0 Å². The second kappa shape index (κ2) is 4.82. The summed E-state index contributed by atoms with van der Waals surface area (Å²) in [6, 6.07) is 0. The first-order valence-corrected chi connectivity index (χ1v) is 7.80. The highest BCUT2D eigenvalue weighted by atomic mass is 32.1. The van der Waals surface area contributed by atoms with Crippen molar-refractivity contribution in [2.45, 2.75) is 38.7 Å². The van der Waals surface area contributed by atoms with E-state index in [1.54, 1.807) is 18.3 Å². The van der Waals surface area contributed by atoms with E-state index in [4.69, 9.17) is 0 Å². The van der Waals surface area contributed by atoms with Crippen LogP contribution >= 0.6 is 11.3 Å². The molecule has 1 aromatic rings. The average molecular weight is 266 g/mol. The number of hydrogen-bond donors (Lipinski definition) is 1. The van der Waals surface area contributed by atoms with Crippen LogP contribution in [0.4, 0.5) is 5.13 Å². The van der Waals surface area contributed by atoms with Crippen LogP contribution in [0.15, 0.2) is 6.20 Å². The van der Waals surface area contributed by atoms with Gasteiger partial charge in [0.15, 0.2) is 5.13 Å². The van der Waals surface area contributed by atoms with Crippen LogP contribution in [0.5, 0.6) is 0 Å². The van der Waals surface area contributed by atoms with Gasteiger partial charge in [-0.3, -0.25) is 0 Å². The van der Waals surface area contributed by atoms with Gasteiger partial charge in [-0.05, 0) is 43.9 Å². The van der Waals surface area contributed by atoms with Crippen LogP contribution in [-0.2, 0) is 0 Å². The van der Waals surface area contributed by atoms with Gasteiger partial charge in [0.1, 0.15) is 0 Å². The Morgan fingerprint density at radius 3 is 2.89 bits per heavy atom. The lowest BCUT2D eigenvalue weighted by Gasteiger charge is -2.26. The van der Waals surface area contributed by atoms with E-state index in [2.05, 4.69) is 16.9 Å². The van der Waals surface area contributed by atoms with Crippen LogP contribution in [0.2, 0.25) is 0 Å². The molecule has 3 rings (SSSR count). The minimum Gasteiger partial charge on any atom is -0.388 e. The molecule has 100 valence electrons. The van der Waals surface area contributed by atoms with Crippen LogP contribution in [0.1, 0.15) is 43.6 Å². The molecule has 18 heavy (non-hydrogen) atoms. The quantitative estimate of drug-likeness (QED) is 0.910. The number of fused-ring (bicyclic) bond motifs is 2. The minimum absolute atomic E-state index is 0.396. The third kappa shape index (κ3) is 2.28. The second-order valence-electron chi connectivity index (χ2n) is 6.04. The summed E-state index contributed by atoms with van der Waals surface area (Å²) in [4.78, 5) is 7.67. The Bertz CT molecular complexity index is 418. The molecule has 2 aliphatic carbocycles. The number of hydrogen-bond acceptors (Lipinski definition) is 4. The van der Waals surface area contributed by atoms with Gasteiger partial charge in [0.25, 0.3) is 0 Å². The smallest absolute Gasteiger partial charge is 0.185 e. The van der Waals surface area contributed by atoms with E-state index in [1.165, 1.54) is 25.7 Å². The van der Waals surface area contributed by atoms with Gasteiger partial charge in [0.05, 0.1) is 11.0 Å². The highest BCUT2D eigenvalue weighted by Gasteiger charge is 2.39. The zero-order valence-corrected chi connectivity index (χ0v) is 12.0. The Labute approximate surface area is 113 Å². The number of nitrogens with zero attached hydrogens (tertiary/aromatic N) is 2. The van der Waals surface area contributed by atoms with Gasteiger partial charge in [-0.2, -0.15) is 0 Å². The average Bonchev–Trinajstić information content (AvgIpc) is 3.04. The molecule has 0 spiro atoms. The SMILES string of the molecule is CC(O)c1cnc(N(C)CC2CC3CCC2C3)s1. The molecule has 4 heteroatoms. The van der Waals surface area contributed by atoms with Crippen LogP contribution in [-0.4, -0.2) is 23.7 Å². The van der Waals surface area contributed by atoms with Gasteiger partial charge in [-0.15, -0.1) is 0 Å². The summed E-state index contributed by atoms with van der Waals surface area (Å²) in [6.45, 7) is 2.93. The molecule has 2 saturated carbocycles. The lowest BCUT2D eigenvalue weighted by Crippen LogP contribution is -2.28. The monoisotopic (exact) mass is 266 g/mol. The van der Waals surface area contributed by atoms with E-state index in [9.17, 15) is 5.11 Å². The lowest BCUT2D eigenvalue weighted by molar-refractivity contribution is 0.203. The second-order valence-corrected chi connectivity index (χ2v) is 7.08. The number of aliphatic hydroxyl groups is 1. The highest BCUT2D eigenvalue weighted by molar-refractivity contribution is 7.15. The Balaban J connectivity index is 1.62. The summed E-state index contributed by atoms with van der Waals surface area (Å²) < 4.78 is 0. The molecule has 0 amide bonds. The maximum atomic E-state index is 9.54. The van der Waals surface area contributed by atoms with Crippen LogP contribution in [0.3, 0.4) is 0 Å². The Morgan fingerprint density at radius 2 is 2.33 bits per heavy atom. The maximum Gasteiger partial charge on any atom is 0.185 e. The van der Waals surface area contributed by atoms with Crippen molar-refractivity contribution in [1.82, 2.24) is 4.98 Å². The topological polar surface area (TPSA) is 36.4 Å². The maximum absolute atomic E-state index is 9.54. The first-order valence-electron chi connectivity index (χ1n) is 6.98. The van der Waals surface area contributed by atoms with E-state index >= 15 is 0 Å². The molecule has 1 aromatic heterocycles. The molecule has 1 N–H and O–H groups in total. The Hall–Kier alpha value is -0.610. The van der Waals surface area contributed by atoms with Gasteiger partial charge in [0, 0.05) is 19.8 Å². The third-order valence-corrected chi connectivity index (χ3v) is 5.92. The predicted octanol–water partition coefficient (Wildman–Crippen LogP) is 3.07. The summed E-state index contributed by atoms with van der Waals surface area (Å²) >= 11 is 1.62. The summed E-state index contributed by atoms with van der Waals surface area (Å²) in [6.07, 6.45) is 7.21. The summed E-state index contributed by atoms with van der Waals surface area (Å²) in [5.41, 5.74) is 0. The Kier molecular flexibility index (Phi) is 3.32. The van der Waals surface area contributed by atoms with E-state index in [1.807, 2.05) is 6.20 Å². The predicted molar refractivity (Wildman–Crippen MR) is 75.0 cm³/mol. The van der Waals surface area contributed by atoms with E-state index in [0.29, 0.717) is 0 Å². The van der Waals surface area contributed by atoms with Crippen LogP contribution in [0, 0.1) is 17.8 Å². The molecule has 3 nitrogen and oxygen atoms in total. The molecule has 2 fully saturated rings. The Morgan fingerprint density at radius 1 is 1.50 bits per heavy atom. The van der Waals surface area contributed by atoms with Crippen molar-refractivity contribution < 1.29 is 5.11 Å². The van der Waals surface area contributed by atoms with Gasteiger partial charge >= 0.3 is 0 Å². The number of rotatable bonds is 4. The van der Waals surface area contributed by atoms with E-state index in [-0.39, 0.29) is 0 Å². The summed E-state index contributed by atoms with van der Waals surface area (Å²) in [5.74, 6) is 2.85. The number of anilines is 1. The van der Waals surface area contributed by atoms with Gasteiger partial charge in [-0.25, -0.2) is 4.98 Å². The van der Waals surface area contributed by atoms with Crippen molar-refractivity contribution in [3.8, 4) is 0 Å². The molecular weight excluding hydrogens is 244 g/mol. The molecule has 2 bridgehead atoms. The van der Waals surface area contributed by atoms with Crippen molar-refractivity contribution >= 4 is 16.5 Å². The van der Waals surface area contributed by atoms with Crippen molar-refractivity contribution in [2.24, 2.45) is 17.8 Å². The molecule has 1 heterocycles.